The summed E-state index contributed by atoms with van der Waals surface area (Å²) < 4.78 is 0. The van der Waals surface area contributed by atoms with Gasteiger partial charge in [0.2, 0.25) is 0 Å². The van der Waals surface area contributed by atoms with Crippen LogP contribution in [0.15, 0.2) is 36.5 Å². The van der Waals surface area contributed by atoms with Crippen molar-refractivity contribution in [3.05, 3.63) is 58.4 Å². The van der Waals surface area contributed by atoms with Crippen molar-refractivity contribution in [1.82, 2.24) is 10.3 Å². The fraction of sp³-hybridized carbons (Fsp3) is 0.278. The zero-order valence-electron chi connectivity index (χ0n) is 13.9. The van der Waals surface area contributed by atoms with Crippen LogP contribution in [0.3, 0.4) is 0 Å². The maximum absolute atomic E-state index is 12.3. The Hall–Kier alpha value is -2.40. The molecule has 1 heterocycles. The normalized spacial score (nSPS) is 10.5. The summed E-state index contributed by atoms with van der Waals surface area (Å²) in [5, 5.41) is 6.11. The van der Waals surface area contributed by atoms with Gasteiger partial charge in [-0.1, -0.05) is 31.5 Å². The second-order valence-electron chi connectivity index (χ2n) is 5.95. The molecular formula is C18H20ClN3O2. The summed E-state index contributed by atoms with van der Waals surface area (Å²) in [5.41, 5.74) is 2.07. The molecule has 2 N–H and O–H groups in total. The number of rotatable bonds is 5. The topological polar surface area (TPSA) is 71.1 Å². The Bertz CT molecular complexity index is 760. The molecule has 2 aromatic rings. The van der Waals surface area contributed by atoms with Crippen molar-refractivity contribution in [2.45, 2.75) is 20.8 Å². The maximum Gasteiger partial charge on any atom is 0.274 e. The predicted molar refractivity (Wildman–Crippen MR) is 95.6 cm³/mol. The largest absolute Gasteiger partial charge is 0.352 e. The van der Waals surface area contributed by atoms with E-state index in [1.807, 2.05) is 26.8 Å². The Morgan fingerprint density at radius 3 is 2.58 bits per heavy atom. The standard InChI is InChI=1S/C18H20ClN3O2/c1-11(2)10-21-17(23)13-6-7-20-16(8-13)18(24)22-14-5-4-12(3)15(19)9-14/h4-9,11H,10H2,1-3H3,(H,21,23)(H,22,24). The molecule has 0 unspecified atom stereocenters. The predicted octanol–water partition coefficient (Wildman–Crippen LogP) is 3.68. The van der Waals surface area contributed by atoms with Crippen LogP contribution in [0.2, 0.25) is 5.02 Å². The van der Waals surface area contributed by atoms with Gasteiger partial charge in [-0.25, -0.2) is 0 Å². The SMILES string of the molecule is Cc1ccc(NC(=O)c2cc(C(=O)NCC(C)C)ccn2)cc1Cl. The Morgan fingerprint density at radius 1 is 1.17 bits per heavy atom. The Morgan fingerprint density at radius 2 is 1.92 bits per heavy atom. The fourth-order valence-corrected chi connectivity index (χ4v) is 2.14. The average molecular weight is 346 g/mol. The van der Waals surface area contributed by atoms with Gasteiger partial charge in [0.1, 0.15) is 5.69 Å². The van der Waals surface area contributed by atoms with E-state index in [1.54, 1.807) is 18.2 Å². The van der Waals surface area contributed by atoms with E-state index >= 15 is 0 Å². The third-order valence-electron chi connectivity index (χ3n) is 3.36. The average Bonchev–Trinajstić information content (AvgIpc) is 2.56. The Labute approximate surface area is 146 Å². The molecule has 24 heavy (non-hydrogen) atoms. The molecule has 6 heteroatoms. The van der Waals surface area contributed by atoms with Gasteiger partial charge in [-0.2, -0.15) is 0 Å². The first-order chi connectivity index (χ1) is 11.4. The lowest BCUT2D eigenvalue weighted by Gasteiger charge is -2.09. The van der Waals surface area contributed by atoms with Crippen LogP contribution in [0.1, 0.15) is 40.3 Å². The summed E-state index contributed by atoms with van der Waals surface area (Å²) in [6, 6.07) is 8.31. The van der Waals surface area contributed by atoms with Crippen LogP contribution in [0.5, 0.6) is 0 Å². The number of nitrogens with zero attached hydrogens (tertiary/aromatic N) is 1. The van der Waals surface area contributed by atoms with E-state index in [-0.39, 0.29) is 11.6 Å². The number of anilines is 1. The number of carbonyl (C=O) groups excluding carboxylic acids is 2. The second kappa shape index (κ2) is 7.93. The highest BCUT2D eigenvalue weighted by Gasteiger charge is 2.12. The number of carbonyl (C=O) groups is 2. The highest BCUT2D eigenvalue weighted by molar-refractivity contribution is 6.31. The van der Waals surface area contributed by atoms with Crippen LogP contribution in [0.4, 0.5) is 5.69 Å². The van der Waals surface area contributed by atoms with Crippen LogP contribution in [-0.4, -0.2) is 23.3 Å². The number of hydrogen-bond donors (Lipinski definition) is 2. The van der Waals surface area contributed by atoms with Crippen molar-refractivity contribution in [2.75, 3.05) is 11.9 Å². The van der Waals surface area contributed by atoms with Crippen molar-refractivity contribution in [2.24, 2.45) is 5.92 Å². The molecule has 0 aliphatic rings. The van der Waals surface area contributed by atoms with Gasteiger partial charge >= 0.3 is 0 Å². The summed E-state index contributed by atoms with van der Waals surface area (Å²) in [4.78, 5) is 28.4. The Balaban J connectivity index is 2.11. The highest BCUT2D eigenvalue weighted by atomic mass is 35.5. The van der Waals surface area contributed by atoms with E-state index < -0.39 is 5.91 Å². The third-order valence-corrected chi connectivity index (χ3v) is 3.76. The lowest BCUT2D eigenvalue weighted by Crippen LogP contribution is -2.27. The van der Waals surface area contributed by atoms with Crippen molar-refractivity contribution >= 4 is 29.1 Å². The third kappa shape index (κ3) is 4.80. The van der Waals surface area contributed by atoms with Gasteiger partial charge in [-0.05, 0) is 42.7 Å². The first-order valence-electron chi connectivity index (χ1n) is 7.68. The van der Waals surface area contributed by atoms with Crippen LogP contribution >= 0.6 is 11.6 Å². The molecule has 2 amide bonds. The van der Waals surface area contributed by atoms with Gasteiger partial charge in [-0.3, -0.25) is 14.6 Å². The van der Waals surface area contributed by atoms with Crippen molar-refractivity contribution < 1.29 is 9.59 Å². The van der Waals surface area contributed by atoms with Crippen molar-refractivity contribution in [3.8, 4) is 0 Å². The summed E-state index contributed by atoms with van der Waals surface area (Å²) >= 11 is 6.05. The van der Waals surface area contributed by atoms with Gasteiger partial charge in [0, 0.05) is 29.0 Å². The summed E-state index contributed by atoms with van der Waals surface area (Å²) in [5.74, 6) is -0.267. The van der Waals surface area contributed by atoms with E-state index in [0.29, 0.717) is 28.7 Å². The summed E-state index contributed by atoms with van der Waals surface area (Å²) in [6.45, 7) is 6.48. The number of halogens is 1. The van der Waals surface area contributed by atoms with Gasteiger partial charge in [0.25, 0.3) is 11.8 Å². The van der Waals surface area contributed by atoms with E-state index in [1.165, 1.54) is 12.3 Å². The molecule has 1 aromatic carbocycles. The van der Waals surface area contributed by atoms with E-state index in [0.717, 1.165) is 5.56 Å². The molecule has 0 saturated heterocycles. The molecule has 0 fully saturated rings. The summed E-state index contributed by atoms with van der Waals surface area (Å²) in [6.07, 6.45) is 1.45. The zero-order chi connectivity index (χ0) is 17.7. The number of benzene rings is 1. The molecule has 0 saturated carbocycles. The molecular weight excluding hydrogens is 326 g/mol. The van der Waals surface area contributed by atoms with Crippen LogP contribution in [0.25, 0.3) is 0 Å². The maximum atomic E-state index is 12.3. The van der Waals surface area contributed by atoms with E-state index in [2.05, 4.69) is 15.6 Å². The fourth-order valence-electron chi connectivity index (χ4n) is 1.96. The van der Waals surface area contributed by atoms with Gasteiger partial charge in [-0.15, -0.1) is 0 Å². The van der Waals surface area contributed by atoms with Gasteiger partial charge in [0.15, 0.2) is 0 Å². The minimum Gasteiger partial charge on any atom is -0.352 e. The summed E-state index contributed by atoms with van der Waals surface area (Å²) in [7, 11) is 0. The molecule has 0 aliphatic carbocycles. The van der Waals surface area contributed by atoms with Crippen LogP contribution < -0.4 is 10.6 Å². The first kappa shape index (κ1) is 17.9. The molecule has 126 valence electrons. The molecule has 0 spiro atoms. The number of pyridine rings is 1. The second-order valence-corrected chi connectivity index (χ2v) is 6.36. The van der Waals surface area contributed by atoms with Crippen LogP contribution in [0, 0.1) is 12.8 Å². The number of aromatic nitrogens is 1. The van der Waals surface area contributed by atoms with Gasteiger partial charge < -0.3 is 10.6 Å². The Kier molecular flexibility index (Phi) is 5.93. The van der Waals surface area contributed by atoms with Crippen LogP contribution in [-0.2, 0) is 0 Å². The highest BCUT2D eigenvalue weighted by Crippen LogP contribution is 2.20. The minimum absolute atomic E-state index is 0.170. The number of hydrogen-bond acceptors (Lipinski definition) is 3. The number of amides is 2. The van der Waals surface area contributed by atoms with E-state index in [4.69, 9.17) is 11.6 Å². The monoisotopic (exact) mass is 345 g/mol. The molecule has 2 rings (SSSR count). The van der Waals surface area contributed by atoms with Crippen molar-refractivity contribution in [1.29, 1.82) is 0 Å². The molecule has 5 nitrogen and oxygen atoms in total. The smallest absolute Gasteiger partial charge is 0.274 e. The van der Waals surface area contributed by atoms with Crippen molar-refractivity contribution in [3.63, 3.8) is 0 Å². The first-order valence-corrected chi connectivity index (χ1v) is 8.06. The quantitative estimate of drug-likeness (QED) is 0.868. The van der Waals surface area contributed by atoms with Gasteiger partial charge in [0.05, 0.1) is 0 Å². The number of nitrogens with one attached hydrogen (secondary N) is 2. The lowest BCUT2D eigenvalue weighted by atomic mass is 10.1. The molecule has 0 atom stereocenters. The lowest BCUT2D eigenvalue weighted by molar-refractivity contribution is 0.0949. The number of aryl methyl sites for hydroxylation is 1. The molecule has 0 bridgehead atoms. The zero-order valence-corrected chi connectivity index (χ0v) is 14.6. The van der Waals surface area contributed by atoms with E-state index in [9.17, 15) is 9.59 Å². The molecule has 0 aliphatic heterocycles. The molecule has 0 radical (unpaired) electrons. The minimum atomic E-state index is -0.395. The molecule has 1 aromatic heterocycles.